The minimum atomic E-state index is -0.334. The fourth-order valence-electron chi connectivity index (χ4n) is 2.59. The number of hydrogen-bond acceptors (Lipinski definition) is 3. The third-order valence-corrected chi connectivity index (χ3v) is 3.83. The molecule has 124 valence electrons. The number of carbonyl (C=O) groups is 1. The number of carbonyl (C=O) groups excluding carboxylic acids is 1. The third kappa shape index (κ3) is 3.19. The van der Waals surface area contributed by atoms with E-state index in [2.05, 4.69) is 20.6 Å². The fourth-order valence-corrected chi connectivity index (χ4v) is 2.59. The lowest BCUT2D eigenvalue weighted by molar-refractivity contribution is -0.115. The van der Waals surface area contributed by atoms with Gasteiger partial charge in [0.15, 0.2) is 5.82 Å². The zero-order valence-corrected chi connectivity index (χ0v) is 13.7. The number of rotatable bonds is 4. The van der Waals surface area contributed by atoms with Crippen molar-refractivity contribution in [3.8, 4) is 5.69 Å². The molecule has 2 aromatic heterocycles. The highest BCUT2D eigenvalue weighted by atomic mass is 19.1. The quantitative estimate of drug-likeness (QED) is 0.774. The Morgan fingerprint density at radius 3 is 2.75 bits per heavy atom. The third-order valence-electron chi connectivity index (χ3n) is 3.83. The van der Waals surface area contributed by atoms with Gasteiger partial charge in [0.2, 0.25) is 5.91 Å². The predicted octanol–water partition coefficient (Wildman–Crippen LogP) is 2.84. The van der Waals surface area contributed by atoms with E-state index >= 15 is 0 Å². The molecule has 1 amide bonds. The Hall–Kier alpha value is -2.96. The summed E-state index contributed by atoms with van der Waals surface area (Å²) in [6.07, 6.45) is 0.222. The molecule has 6 nitrogen and oxygen atoms in total. The normalized spacial score (nSPS) is 10.8. The lowest BCUT2D eigenvalue weighted by atomic mass is 10.1. The van der Waals surface area contributed by atoms with E-state index in [9.17, 15) is 9.18 Å². The monoisotopic (exact) mass is 327 g/mol. The molecule has 0 aliphatic carbocycles. The van der Waals surface area contributed by atoms with Gasteiger partial charge in [-0.25, -0.2) is 9.07 Å². The zero-order valence-electron chi connectivity index (χ0n) is 13.7. The van der Waals surface area contributed by atoms with Gasteiger partial charge in [0, 0.05) is 23.0 Å². The Labute approximate surface area is 138 Å². The molecule has 0 saturated heterocycles. The van der Waals surface area contributed by atoms with Gasteiger partial charge in [-0.2, -0.15) is 5.10 Å². The van der Waals surface area contributed by atoms with E-state index in [1.807, 2.05) is 20.8 Å². The standard InChI is InChI=1S/C17H18FN5O/c1-10-7-16(22-23(10)14-6-4-5-13(18)8-14)19-17(24)9-15-11(2)20-21-12(15)3/h4-8H,9H2,1-3H3,(H,20,21)(H,19,22,24). The molecule has 2 heterocycles. The average Bonchev–Trinajstić information content (AvgIpc) is 3.04. The fraction of sp³-hybridized carbons (Fsp3) is 0.235. The molecule has 0 aliphatic heterocycles. The second kappa shape index (κ2) is 6.27. The Morgan fingerprint density at radius 2 is 2.08 bits per heavy atom. The van der Waals surface area contributed by atoms with E-state index in [1.54, 1.807) is 22.9 Å². The topological polar surface area (TPSA) is 75.6 Å². The first-order valence-corrected chi connectivity index (χ1v) is 7.57. The van der Waals surface area contributed by atoms with Gasteiger partial charge in [-0.05, 0) is 39.0 Å². The minimum absolute atomic E-state index is 0.175. The van der Waals surface area contributed by atoms with Crippen LogP contribution in [0.1, 0.15) is 22.6 Å². The van der Waals surface area contributed by atoms with Gasteiger partial charge in [-0.1, -0.05) is 6.07 Å². The minimum Gasteiger partial charge on any atom is -0.309 e. The molecule has 3 rings (SSSR count). The molecular weight excluding hydrogens is 309 g/mol. The molecule has 0 unspecified atom stereocenters. The highest BCUT2D eigenvalue weighted by molar-refractivity contribution is 5.91. The number of halogens is 1. The molecule has 7 heteroatoms. The summed E-state index contributed by atoms with van der Waals surface area (Å²) in [6, 6.07) is 7.89. The van der Waals surface area contributed by atoms with Crippen LogP contribution >= 0.6 is 0 Å². The van der Waals surface area contributed by atoms with Crippen LogP contribution in [0.5, 0.6) is 0 Å². The van der Waals surface area contributed by atoms with Gasteiger partial charge >= 0.3 is 0 Å². The summed E-state index contributed by atoms with van der Waals surface area (Å²) in [5, 5.41) is 14.0. The summed E-state index contributed by atoms with van der Waals surface area (Å²) >= 11 is 0. The van der Waals surface area contributed by atoms with Crippen LogP contribution < -0.4 is 5.32 Å². The predicted molar refractivity (Wildman–Crippen MR) is 88.7 cm³/mol. The Bertz CT molecular complexity index is 877. The number of nitrogens with zero attached hydrogens (tertiary/aromatic N) is 3. The Morgan fingerprint density at radius 1 is 1.29 bits per heavy atom. The average molecular weight is 327 g/mol. The number of nitrogens with one attached hydrogen (secondary N) is 2. The summed E-state index contributed by atoms with van der Waals surface area (Å²) in [7, 11) is 0. The van der Waals surface area contributed by atoms with Gasteiger partial charge < -0.3 is 5.32 Å². The first kappa shape index (κ1) is 15.9. The largest absolute Gasteiger partial charge is 0.309 e. The number of aryl methyl sites for hydroxylation is 3. The highest BCUT2D eigenvalue weighted by Crippen LogP contribution is 2.17. The molecule has 3 aromatic rings. The van der Waals surface area contributed by atoms with E-state index in [1.165, 1.54) is 12.1 Å². The van der Waals surface area contributed by atoms with Crippen LogP contribution in [0.3, 0.4) is 0 Å². The number of anilines is 1. The summed E-state index contributed by atoms with van der Waals surface area (Å²) in [5.41, 5.74) is 3.98. The second-order valence-corrected chi connectivity index (χ2v) is 5.70. The van der Waals surface area contributed by atoms with Crippen molar-refractivity contribution in [2.75, 3.05) is 5.32 Å². The number of aromatic nitrogens is 4. The van der Waals surface area contributed by atoms with Crippen LogP contribution in [0.4, 0.5) is 10.2 Å². The summed E-state index contributed by atoms with van der Waals surface area (Å²) in [4.78, 5) is 12.2. The van der Waals surface area contributed by atoms with Crippen molar-refractivity contribution in [1.82, 2.24) is 20.0 Å². The SMILES string of the molecule is Cc1n[nH]c(C)c1CC(=O)Nc1cc(C)n(-c2cccc(F)c2)n1. The zero-order chi connectivity index (χ0) is 17.3. The molecule has 0 spiro atoms. The molecule has 2 N–H and O–H groups in total. The van der Waals surface area contributed by atoms with Crippen LogP contribution in [0, 0.1) is 26.6 Å². The first-order chi connectivity index (χ1) is 11.4. The lowest BCUT2D eigenvalue weighted by Gasteiger charge is -2.04. The highest BCUT2D eigenvalue weighted by Gasteiger charge is 2.14. The van der Waals surface area contributed by atoms with E-state index in [4.69, 9.17) is 0 Å². The van der Waals surface area contributed by atoms with Gasteiger partial charge in [-0.15, -0.1) is 5.10 Å². The molecule has 0 atom stereocenters. The van der Waals surface area contributed by atoms with Gasteiger partial charge in [0.25, 0.3) is 0 Å². The molecular formula is C17H18FN5O. The second-order valence-electron chi connectivity index (χ2n) is 5.70. The van der Waals surface area contributed by atoms with E-state index in [0.29, 0.717) is 11.5 Å². The van der Waals surface area contributed by atoms with Crippen LogP contribution in [-0.2, 0) is 11.2 Å². The van der Waals surface area contributed by atoms with E-state index in [-0.39, 0.29) is 18.1 Å². The van der Waals surface area contributed by atoms with E-state index < -0.39 is 0 Å². The van der Waals surface area contributed by atoms with Crippen molar-refractivity contribution < 1.29 is 9.18 Å². The maximum atomic E-state index is 13.4. The van der Waals surface area contributed by atoms with Crippen LogP contribution in [0.15, 0.2) is 30.3 Å². The van der Waals surface area contributed by atoms with Crippen LogP contribution in [0.2, 0.25) is 0 Å². The molecule has 0 bridgehead atoms. The van der Waals surface area contributed by atoms with Crippen molar-refractivity contribution in [3.05, 3.63) is 58.8 Å². The van der Waals surface area contributed by atoms with Gasteiger partial charge in [0.05, 0.1) is 17.8 Å². The number of H-pyrrole nitrogens is 1. The van der Waals surface area contributed by atoms with E-state index in [0.717, 1.165) is 22.6 Å². The van der Waals surface area contributed by atoms with Crippen molar-refractivity contribution in [3.63, 3.8) is 0 Å². The van der Waals surface area contributed by atoms with Gasteiger partial charge in [-0.3, -0.25) is 9.89 Å². The molecule has 0 radical (unpaired) electrons. The van der Waals surface area contributed by atoms with Crippen molar-refractivity contribution >= 4 is 11.7 Å². The Kier molecular flexibility index (Phi) is 4.16. The smallest absolute Gasteiger partial charge is 0.230 e. The van der Waals surface area contributed by atoms with Crippen molar-refractivity contribution in [1.29, 1.82) is 0 Å². The molecule has 1 aromatic carbocycles. The van der Waals surface area contributed by atoms with Crippen molar-refractivity contribution in [2.24, 2.45) is 0 Å². The molecule has 24 heavy (non-hydrogen) atoms. The first-order valence-electron chi connectivity index (χ1n) is 7.57. The molecule has 0 saturated carbocycles. The number of amides is 1. The van der Waals surface area contributed by atoms with Crippen molar-refractivity contribution in [2.45, 2.75) is 27.2 Å². The number of aromatic amines is 1. The van der Waals surface area contributed by atoms with Crippen LogP contribution in [-0.4, -0.2) is 25.9 Å². The number of hydrogen-bond donors (Lipinski definition) is 2. The maximum Gasteiger partial charge on any atom is 0.230 e. The molecule has 0 aliphatic rings. The van der Waals surface area contributed by atoms with Crippen LogP contribution in [0.25, 0.3) is 5.69 Å². The summed E-state index contributed by atoms with van der Waals surface area (Å²) in [5.74, 6) is -0.0778. The summed E-state index contributed by atoms with van der Waals surface area (Å²) < 4.78 is 15.0. The number of benzene rings is 1. The summed E-state index contributed by atoms with van der Waals surface area (Å²) in [6.45, 7) is 5.58. The Balaban J connectivity index is 1.77. The lowest BCUT2D eigenvalue weighted by Crippen LogP contribution is -2.15. The van der Waals surface area contributed by atoms with Gasteiger partial charge in [0.1, 0.15) is 5.82 Å². The molecule has 0 fully saturated rings. The maximum absolute atomic E-state index is 13.4.